The Labute approximate surface area is 183 Å². The summed E-state index contributed by atoms with van der Waals surface area (Å²) in [5.74, 6) is 1.93. The molecule has 3 N–H and O–H groups in total. The summed E-state index contributed by atoms with van der Waals surface area (Å²) < 4.78 is 5.55. The van der Waals surface area contributed by atoms with Crippen LogP contribution in [-0.2, 0) is 11.2 Å². The van der Waals surface area contributed by atoms with Gasteiger partial charge in [0, 0.05) is 31.6 Å². The first-order valence-corrected chi connectivity index (χ1v) is 11.6. The fourth-order valence-corrected chi connectivity index (χ4v) is 3.74. The van der Waals surface area contributed by atoms with Crippen LogP contribution in [-0.4, -0.2) is 44.1 Å². The fourth-order valence-electron chi connectivity index (χ4n) is 2.95. The van der Waals surface area contributed by atoms with Gasteiger partial charge in [0.1, 0.15) is 5.75 Å². The van der Waals surface area contributed by atoms with Crippen molar-refractivity contribution >= 4 is 23.2 Å². The van der Waals surface area contributed by atoms with E-state index in [1.165, 1.54) is 11.1 Å². The Morgan fingerprint density at radius 2 is 2.03 bits per heavy atom. The molecule has 6 nitrogen and oxygen atoms in total. The lowest BCUT2D eigenvalue weighted by atomic mass is 10.1. The first kappa shape index (κ1) is 22.2. The van der Waals surface area contributed by atoms with Gasteiger partial charge in [-0.2, -0.15) is 11.3 Å². The van der Waals surface area contributed by atoms with Gasteiger partial charge in [0.15, 0.2) is 12.6 Å². The lowest BCUT2D eigenvalue weighted by molar-refractivity contribution is -0.123. The molecule has 0 radical (unpaired) electrons. The van der Waals surface area contributed by atoms with Gasteiger partial charge in [0.2, 0.25) is 0 Å². The van der Waals surface area contributed by atoms with Gasteiger partial charge >= 0.3 is 0 Å². The highest BCUT2D eigenvalue weighted by atomic mass is 32.1. The fraction of sp³-hybridized carbons (Fsp3) is 0.478. The van der Waals surface area contributed by atoms with E-state index in [0.717, 1.165) is 50.6 Å². The smallest absolute Gasteiger partial charge is 0.258 e. The van der Waals surface area contributed by atoms with Crippen LogP contribution in [0.1, 0.15) is 43.7 Å². The van der Waals surface area contributed by atoms with Crippen molar-refractivity contribution in [3.05, 3.63) is 52.2 Å². The third-order valence-corrected chi connectivity index (χ3v) is 5.62. The molecule has 0 aliphatic heterocycles. The second-order valence-corrected chi connectivity index (χ2v) is 8.41. The molecule has 2 aromatic rings. The van der Waals surface area contributed by atoms with E-state index in [-0.39, 0.29) is 12.5 Å². The molecule has 1 atom stereocenters. The Morgan fingerprint density at radius 1 is 1.23 bits per heavy atom. The molecule has 1 aromatic heterocycles. The Balaban J connectivity index is 1.39. The Kier molecular flexibility index (Phi) is 8.56. The van der Waals surface area contributed by atoms with Gasteiger partial charge in [0.25, 0.3) is 5.91 Å². The highest BCUT2D eigenvalue weighted by molar-refractivity contribution is 7.07. The third kappa shape index (κ3) is 7.71. The van der Waals surface area contributed by atoms with E-state index in [0.29, 0.717) is 12.0 Å². The summed E-state index contributed by atoms with van der Waals surface area (Å²) >= 11 is 1.73. The molecule has 1 amide bonds. The van der Waals surface area contributed by atoms with Gasteiger partial charge in [-0.1, -0.05) is 19.1 Å². The van der Waals surface area contributed by atoms with E-state index in [9.17, 15) is 4.79 Å². The van der Waals surface area contributed by atoms with Crippen molar-refractivity contribution in [3.63, 3.8) is 0 Å². The van der Waals surface area contributed by atoms with Crippen molar-refractivity contribution in [2.45, 2.75) is 45.1 Å². The quantitative estimate of drug-likeness (QED) is 0.379. The van der Waals surface area contributed by atoms with Crippen molar-refractivity contribution in [1.29, 1.82) is 0 Å². The summed E-state index contributed by atoms with van der Waals surface area (Å²) in [4.78, 5) is 16.4. The molecule has 1 aliphatic carbocycles. The number of carbonyl (C=O) groups is 1. The number of hydrogen-bond acceptors (Lipinski definition) is 4. The third-order valence-electron chi connectivity index (χ3n) is 4.92. The van der Waals surface area contributed by atoms with Crippen LogP contribution in [0.4, 0.5) is 0 Å². The maximum Gasteiger partial charge on any atom is 0.258 e. The molecule has 3 rings (SSSR count). The van der Waals surface area contributed by atoms with Gasteiger partial charge in [-0.3, -0.25) is 9.79 Å². The van der Waals surface area contributed by atoms with Crippen molar-refractivity contribution in [2.24, 2.45) is 4.99 Å². The number of guanidine groups is 1. The van der Waals surface area contributed by atoms with Gasteiger partial charge in [-0.15, -0.1) is 0 Å². The average Bonchev–Trinajstić information content (AvgIpc) is 3.38. The molecule has 0 bridgehead atoms. The maximum absolute atomic E-state index is 11.7. The minimum atomic E-state index is -0.0469. The van der Waals surface area contributed by atoms with E-state index in [1.807, 2.05) is 24.3 Å². The van der Waals surface area contributed by atoms with Crippen molar-refractivity contribution in [3.8, 4) is 5.75 Å². The molecule has 1 saturated carbocycles. The van der Waals surface area contributed by atoms with Gasteiger partial charge in [-0.05, 0) is 66.3 Å². The van der Waals surface area contributed by atoms with Crippen LogP contribution in [0, 0.1) is 0 Å². The van der Waals surface area contributed by atoms with E-state index in [2.05, 4.69) is 46.6 Å². The van der Waals surface area contributed by atoms with Crippen LogP contribution in [0.2, 0.25) is 0 Å². The molecule has 0 spiro atoms. The molecule has 1 aliphatic rings. The number of carbonyl (C=O) groups excluding carboxylic acids is 1. The summed E-state index contributed by atoms with van der Waals surface area (Å²) in [7, 11) is 0. The second kappa shape index (κ2) is 11.6. The summed E-state index contributed by atoms with van der Waals surface area (Å²) in [6.07, 6.45) is 3.05. The Morgan fingerprint density at radius 3 is 2.70 bits per heavy atom. The molecule has 30 heavy (non-hydrogen) atoms. The zero-order valence-corrected chi connectivity index (χ0v) is 18.6. The normalized spacial score (nSPS) is 14.8. The van der Waals surface area contributed by atoms with Crippen molar-refractivity contribution in [2.75, 3.05) is 26.2 Å². The molecule has 1 unspecified atom stereocenters. The van der Waals surface area contributed by atoms with Gasteiger partial charge < -0.3 is 20.7 Å². The Bertz CT molecular complexity index is 801. The molecule has 162 valence electrons. The number of hydrogen-bond donors (Lipinski definition) is 3. The number of benzene rings is 1. The Hall–Kier alpha value is -2.54. The zero-order chi connectivity index (χ0) is 21.2. The van der Waals surface area contributed by atoms with Crippen LogP contribution in [0.3, 0.4) is 0 Å². The van der Waals surface area contributed by atoms with E-state index in [4.69, 9.17) is 9.73 Å². The lowest BCUT2D eigenvalue weighted by Crippen LogP contribution is -2.38. The van der Waals surface area contributed by atoms with Crippen LogP contribution >= 0.6 is 11.3 Å². The van der Waals surface area contributed by atoms with Crippen LogP contribution in [0.25, 0.3) is 0 Å². The number of ether oxygens (including phenoxy) is 1. The number of aliphatic imine (C=N–C) groups is 1. The molecule has 1 fully saturated rings. The van der Waals surface area contributed by atoms with E-state index < -0.39 is 0 Å². The second-order valence-electron chi connectivity index (χ2n) is 7.63. The maximum atomic E-state index is 11.7. The standard InChI is InChI=1S/C23H32N4O2S/c1-3-24-23(26-14-17(2)19-11-13-30-16-19)25-12-10-18-4-8-21(9-5-18)29-15-22(28)27-20-6-7-20/h4-5,8-9,11,13,16-17,20H,3,6-7,10,12,14-15H2,1-2H3,(H,27,28)(H2,24,25,26). The monoisotopic (exact) mass is 428 g/mol. The summed E-state index contributed by atoms with van der Waals surface area (Å²) in [5.41, 5.74) is 2.55. The number of thiophene rings is 1. The zero-order valence-electron chi connectivity index (χ0n) is 17.8. The summed E-state index contributed by atoms with van der Waals surface area (Å²) in [6, 6.07) is 10.4. The van der Waals surface area contributed by atoms with Crippen LogP contribution in [0.15, 0.2) is 46.1 Å². The topological polar surface area (TPSA) is 74.8 Å². The van der Waals surface area contributed by atoms with Gasteiger partial charge in [0.05, 0.1) is 0 Å². The first-order valence-electron chi connectivity index (χ1n) is 10.7. The number of rotatable bonds is 11. The SMILES string of the molecule is CCNC(=NCC(C)c1ccsc1)NCCc1ccc(OCC(=O)NC2CC2)cc1. The number of nitrogens with one attached hydrogen (secondary N) is 3. The average molecular weight is 429 g/mol. The highest BCUT2D eigenvalue weighted by Gasteiger charge is 2.23. The molecular formula is C23H32N4O2S. The summed E-state index contributed by atoms with van der Waals surface area (Å²) in [5, 5.41) is 13.9. The number of nitrogens with zero attached hydrogens (tertiary/aromatic N) is 1. The van der Waals surface area contributed by atoms with Gasteiger partial charge in [-0.25, -0.2) is 0 Å². The molecule has 7 heteroatoms. The molecule has 1 heterocycles. The van der Waals surface area contributed by atoms with Crippen molar-refractivity contribution in [1.82, 2.24) is 16.0 Å². The lowest BCUT2D eigenvalue weighted by Gasteiger charge is -2.13. The largest absolute Gasteiger partial charge is 0.484 e. The van der Waals surface area contributed by atoms with Crippen molar-refractivity contribution < 1.29 is 9.53 Å². The molecule has 1 aromatic carbocycles. The van der Waals surface area contributed by atoms with Crippen LogP contribution < -0.4 is 20.7 Å². The minimum absolute atomic E-state index is 0.0469. The predicted molar refractivity (Wildman–Crippen MR) is 124 cm³/mol. The summed E-state index contributed by atoms with van der Waals surface area (Å²) in [6.45, 7) is 6.73. The molecular weight excluding hydrogens is 396 g/mol. The predicted octanol–water partition coefficient (Wildman–Crippen LogP) is 3.31. The number of amides is 1. The van der Waals surface area contributed by atoms with E-state index in [1.54, 1.807) is 11.3 Å². The first-order chi connectivity index (χ1) is 14.6. The van der Waals surface area contributed by atoms with Crippen LogP contribution in [0.5, 0.6) is 5.75 Å². The van der Waals surface area contributed by atoms with E-state index >= 15 is 0 Å². The highest BCUT2D eigenvalue weighted by Crippen LogP contribution is 2.19. The molecule has 0 saturated heterocycles. The minimum Gasteiger partial charge on any atom is -0.484 e.